The van der Waals surface area contributed by atoms with E-state index in [4.69, 9.17) is 0 Å². The van der Waals surface area contributed by atoms with Crippen molar-refractivity contribution in [1.29, 1.82) is 0 Å². The summed E-state index contributed by atoms with van der Waals surface area (Å²) in [4.78, 5) is 25.6. The highest BCUT2D eigenvalue weighted by Gasteiger charge is 2.16. The molecule has 0 bridgehead atoms. The number of non-ortho nitro benzene ring substituents is 1. The Balaban J connectivity index is 1.58. The van der Waals surface area contributed by atoms with Crippen molar-refractivity contribution in [2.75, 3.05) is 28.7 Å². The first-order valence-electron chi connectivity index (χ1n) is 10.3. The molecule has 1 saturated heterocycles. The number of nitro benzene ring substituents is 1. The van der Waals surface area contributed by atoms with Gasteiger partial charge in [-0.15, -0.1) is 0 Å². The molecule has 2 aromatic carbocycles. The van der Waals surface area contributed by atoms with Crippen LogP contribution in [0.1, 0.15) is 24.8 Å². The maximum Gasteiger partial charge on any atom is 0.270 e. The lowest BCUT2D eigenvalue weighted by Gasteiger charge is -2.26. The molecule has 0 atom stereocenters. The molecule has 33 heavy (non-hydrogen) atoms. The molecule has 1 aromatic heterocycles. The van der Waals surface area contributed by atoms with Gasteiger partial charge in [0.05, 0.1) is 11.1 Å². The van der Waals surface area contributed by atoms with Gasteiger partial charge in [0, 0.05) is 36.5 Å². The summed E-state index contributed by atoms with van der Waals surface area (Å²) in [6.07, 6.45) is 4.43. The number of hydrogen-bond acceptors (Lipinski definition) is 10. The third kappa shape index (κ3) is 5.67. The third-order valence-electron chi connectivity index (χ3n) is 4.95. The SMILES string of the molecule is O=[N+]([O-])c1ccc(O)c(/C=N/Nc2nc(Nc3ccc(F)cc3)nc(N3CCCCC3)n2)c1. The van der Waals surface area contributed by atoms with Crippen LogP contribution in [0.3, 0.4) is 0 Å². The summed E-state index contributed by atoms with van der Waals surface area (Å²) in [5.74, 6) is 0.329. The molecule has 0 amide bonds. The molecular formula is C21H21FN8O3. The fourth-order valence-corrected chi connectivity index (χ4v) is 3.29. The molecule has 4 rings (SSSR count). The topological polar surface area (TPSA) is 142 Å². The van der Waals surface area contributed by atoms with E-state index in [0.29, 0.717) is 11.6 Å². The van der Waals surface area contributed by atoms with Crippen LogP contribution in [-0.2, 0) is 0 Å². The second-order valence-electron chi connectivity index (χ2n) is 7.33. The Labute approximate surface area is 188 Å². The van der Waals surface area contributed by atoms with Crippen molar-refractivity contribution in [3.05, 3.63) is 64.0 Å². The molecule has 2 heterocycles. The zero-order valence-corrected chi connectivity index (χ0v) is 17.5. The molecule has 0 aliphatic carbocycles. The number of anilines is 4. The van der Waals surface area contributed by atoms with Crippen LogP contribution >= 0.6 is 0 Å². The van der Waals surface area contributed by atoms with Crippen molar-refractivity contribution in [3.8, 4) is 5.75 Å². The first kappa shape index (κ1) is 21.9. The number of phenols is 1. The number of hydrazone groups is 1. The van der Waals surface area contributed by atoms with Gasteiger partial charge in [-0.3, -0.25) is 10.1 Å². The van der Waals surface area contributed by atoms with Crippen LogP contribution in [-0.4, -0.2) is 44.3 Å². The smallest absolute Gasteiger partial charge is 0.270 e. The number of rotatable bonds is 7. The Hall–Kier alpha value is -4.35. The van der Waals surface area contributed by atoms with E-state index < -0.39 is 4.92 Å². The number of aromatic hydroxyl groups is 1. The molecule has 11 nitrogen and oxygen atoms in total. The molecule has 1 aliphatic rings. The fraction of sp³-hybridized carbons (Fsp3) is 0.238. The lowest BCUT2D eigenvalue weighted by molar-refractivity contribution is -0.384. The van der Waals surface area contributed by atoms with E-state index in [2.05, 4.69) is 30.8 Å². The number of nitrogens with one attached hydrogen (secondary N) is 2. The third-order valence-corrected chi connectivity index (χ3v) is 4.95. The molecule has 0 saturated carbocycles. The number of hydrogen-bond donors (Lipinski definition) is 3. The fourth-order valence-electron chi connectivity index (χ4n) is 3.29. The van der Waals surface area contributed by atoms with Gasteiger partial charge in [-0.05, 0) is 49.6 Å². The molecule has 0 unspecified atom stereocenters. The first-order valence-corrected chi connectivity index (χ1v) is 10.3. The molecule has 0 radical (unpaired) electrons. The summed E-state index contributed by atoms with van der Waals surface area (Å²) in [6, 6.07) is 9.40. The second kappa shape index (κ2) is 9.85. The van der Waals surface area contributed by atoms with Crippen molar-refractivity contribution in [2.24, 2.45) is 5.10 Å². The number of nitrogens with zero attached hydrogens (tertiary/aromatic N) is 6. The van der Waals surface area contributed by atoms with Gasteiger partial charge < -0.3 is 15.3 Å². The quantitative estimate of drug-likeness (QED) is 0.277. The maximum atomic E-state index is 13.2. The Kier molecular flexibility index (Phi) is 6.53. The predicted octanol–water partition coefficient (Wildman–Crippen LogP) is 3.80. The number of aromatic nitrogens is 3. The van der Waals surface area contributed by atoms with Crippen LogP contribution in [0.5, 0.6) is 5.75 Å². The minimum absolute atomic E-state index is 0.136. The molecule has 1 fully saturated rings. The Morgan fingerprint density at radius 3 is 2.52 bits per heavy atom. The number of phenolic OH excluding ortho intramolecular Hbond substituents is 1. The van der Waals surface area contributed by atoms with Crippen molar-refractivity contribution in [3.63, 3.8) is 0 Å². The van der Waals surface area contributed by atoms with Gasteiger partial charge in [-0.25, -0.2) is 9.82 Å². The summed E-state index contributed by atoms with van der Waals surface area (Å²) >= 11 is 0. The highest BCUT2D eigenvalue weighted by Crippen LogP contribution is 2.23. The van der Waals surface area contributed by atoms with Gasteiger partial charge in [-0.1, -0.05) is 0 Å². The monoisotopic (exact) mass is 452 g/mol. The first-order chi connectivity index (χ1) is 16.0. The molecule has 3 aromatic rings. The Bertz CT molecular complexity index is 1170. The molecule has 1 aliphatic heterocycles. The molecule has 0 spiro atoms. The van der Waals surface area contributed by atoms with Crippen LogP contribution < -0.4 is 15.6 Å². The van der Waals surface area contributed by atoms with Crippen LogP contribution in [0, 0.1) is 15.9 Å². The summed E-state index contributed by atoms with van der Waals surface area (Å²) in [5, 5.41) is 27.9. The van der Waals surface area contributed by atoms with E-state index in [1.807, 2.05) is 4.90 Å². The zero-order chi connectivity index (χ0) is 23.2. The number of benzene rings is 2. The van der Waals surface area contributed by atoms with Crippen molar-refractivity contribution >= 4 is 35.4 Å². The minimum atomic E-state index is -0.561. The number of halogens is 1. The van der Waals surface area contributed by atoms with Gasteiger partial charge in [-0.2, -0.15) is 20.1 Å². The summed E-state index contributed by atoms with van der Waals surface area (Å²) in [6.45, 7) is 1.62. The van der Waals surface area contributed by atoms with Gasteiger partial charge >= 0.3 is 0 Å². The van der Waals surface area contributed by atoms with Gasteiger partial charge in [0.25, 0.3) is 5.69 Å². The molecule has 12 heteroatoms. The van der Waals surface area contributed by atoms with E-state index in [-0.39, 0.29) is 34.7 Å². The predicted molar refractivity (Wildman–Crippen MR) is 122 cm³/mol. The zero-order valence-electron chi connectivity index (χ0n) is 17.5. The highest BCUT2D eigenvalue weighted by molar-refractivity contribution is 5.84. The van der Waals surface area contributed by atoms with E-state index in [9.17, 15) is 19.6 Å². The van der Waals surface area contributed by atoms with Gasteiger partial charge in [0.2, 0.25) is 17.8 Å². The van der Waals surface area contributed by atoms with E-state index >= 15 is 0 Å². The van der Waals surface area contributed by atoms with Crippen molar-refractivity contribution < 1.29 is 14.4 Å². The van der Waals surface area contributed by atoms with Crippen molar-refractivity contribution in [1.82, 2.24) is 15.0 Å². The number of piperidine rings is 1. The highest BCUT2D eigenvalue weighted by atomic mass is 19.1. The maximum absolute atomic E-state index is 13.2. The van der Waals surface area contributed by atoms with E-state index in [1.54, 1.807) is 12.1 Å². The Morgan fingerprint density at radius 2 is 1.79 bits per heavy atom. The summed E-state index contributed by atoms with van der Waals surface area (Å²) in [7, 11) is 0. The standard InChI is InChI=1S/C21H21FN8O3/c22-15-4-6-16(7-5-15)24-19-25-20(27-21(26-19)29-10-2-1-3-11-29)28-23-13-14-12-17(30(32)33)8-9-18(14)31/h4-9,12-13,31H,1-3,10-11H2,(H2,24,25,26,27,28)/b23-13+. The average molecular weight is 452 g/mol. The average Bonchev–Trinajstić information content (AvgIpc) is 2.82. The molecular weight excluding hydrogens is 431 g/mol. The van der Waals surface area contributed by atoms with E-state index in [1.165, 1.54) is 36.5 Å². The normalized spacial score (nSPS) is 13.8. The molecule has 170 valence electrons. The number of nitro groups is 1. The molecule has 3 N–H and O–H groups in total. The minimum Gasteiger partial charge on any atom is -0.507 e. The Morgan fingerprint density at radius 1 is 1.06 bits per heavy atom. The van der Waals surface area contributed by atoms with Crippen LogP contribution in [0.15, 0.2) is 47.6 Å². The summed E-state index contributed by atoms with van der Waals surface area (Å²) < 4.78 is 13.2. The van der Waals surface area contributed by atoms with Crippen LogP contribution in [0.2, 0.25) is 0 Å². The lowest BCUT2D eigenvalue weighted by Crippen LogP contribution is -2.31. The largest absolute Gasteiger partial charge is 0.507 e. The van der Waals surface area contributed by atoms with Crippen molar-refractivity contribution in [2.45, 2.75) is 19.3 Å². The van der Waals surface area contributed by atoms with E-state index in [0.717, 1.165) is 32.4 Å². The summed E-state index contributed by atoms with van der Waals surface area (Å²) in [5.41, 5.74) is 3.27. The van der Waals surface area contributed by atoms with Crippen LogP contribution in [0.25, 0.3) is 0 Å². The lowest BCUT2D eigenvalue weighted by atomic mass is 10.1. The second-order valence-corrected chi connectivity index (χ2v) is 7.33. The van der Waals surface area contributed by atoms with Gasteiger partial charge in [0.15, 0.2) is 0 Å². The van der Waals surface area contributed by atoms with Gasteiger partial charge in [0.1, 0.15) is 11.6 Å². The van der Waals surface area contributed by atoms with Crippen LogP contribution in [0.4, 0.5) is 33.6 Å².